The SMILES string of the molecule is CCC(C)CC1(O)CC(C)OC1C. The molecule has 1 saturated heterocycles. The van der Waals surface area contributed by atoms with Gasteiger partial charge in [0.15, 0.2) is 0 Å². The molecular weight excluding hydrogens is 164 g/mol. The molecule has 1 heterocycles. The van der Waals surface area contributed by atoms with Gasteiger partial charge in [-0.05, 0) is 26.2 Å². The average molecular weight is 186 g/mol. The number of hydrogen-bond donors (Lipinski definition) is 1. The van der Waals surface area contributed by atoms with Gasteiger partial charge in [-0.25, -0.2) is 0 Å². The maximum absolute atomic E-state index is 10.3. The van der Waals surface area contributed by atoms with E-state index in [2.05, 4.69) is 13.8 Å². The molecule has 0 radical (unpaired) electrons. The summed E-state index contributed by atoms with van der Waals surface area (Å²) in [5.74, 6) is 0.585. The summed E-state index contributed by atoms with van der Waals surface area (Å²) in [5.41, 5.74) is -0.575. The summed E-state index contributed by atoms with van der Waals surface area (Å²) in [7, 11) is 0. The minimum Gasteiger partial charge on any atom is -0.387 e. The van der Waals surface area contributed by atoms with E-state index in [4.69, 9.17) is 4.74 Å². The van der Waals surface area contributed by atoms with Crippen molar-refractivity contribution < 1.29 is 9.84 Å². The van der Waals surface area contributed by atoms with E-state index in [0.29, 0.717) is 5.92 Å². The first-order chi connectivity index (χ1) is 5.98. The summed E-state index contributed by atoms with van der Waals surface area (Å²) in [6.45, 7) is 8.36. The van der Waals surface area contributed by atoms with Crippen molar-refractivity contribution in [2.24, 2.45) is 5.92 Å². The highest BCUT2D eigenvalue weighted by atomic mass is 16.5. The van der Waals surface area contributed by atoms with Gasteiger partial charge in [-0.3, -0.25) is 0 Å². The molecule has 78 valence electrons. The van der Waals surface area contributed by atoms with Crippen molar-refractivity contribution >= 4 is 0 Å². The third-order valence-corrected chi connectivity index (χ3v) is 3.23. The molecule has 4 atom stereocenters. The lowest BCUT2D eigenvalue weighted by atomic mass is 9.84. The Bertz CT molecular complexity index is 169. The lowest BCUT2D eigenvalue weighted by Crippen LogP contribution is -2.37. The Morgan fingerprint density at radius 3 is 2.54 bits per heavy atom. The van der Waals surface area contributed by atoms with Gasteiger partial charge in [-0.15, -0.1) is 0 Å². The Balaban J connectivity index is 2.55. The molecule has 0 saturated carbocycles. The van der Waals surface area contributed by atoms with Gasteiger partial charge in [0.1, 0.15) is 0 Å². The Hall–Kier alpha value is -0.0800. The number of aliphatic hydroxyl groups is 1. The first-order valence-electron chi connectivity index (χ1n) is 5.35. The van der Waals surface area contributed by atoms with Crippen LogP contribution in [0.5, 0.6) is 0 Å². The van der Waals surface area contributed by atoms with Gasteiger partial charge in [0, 0.05) is 6.42 Å². The average Bonchev–Trinajstić information content (AvgIpc) is 2.25. The maximum atomic E-state index is 10.3. The summed E-state index contributed by atoms with van der Waals surface area (Å²) in [6.07, 6.45) is 3.00. The number of ether oxygens (including phenoxy) is 1. The van der Waals surface area contributed by atoms with Crippen LogP contribution in [0.2, 0.25) is 0 Å². The van der Waals surface area contributed by atoms with Gasteiger partial charge in [0.25, 0.3) is 0 Å². The van der Waals surface area contributed by atoms with E-state index in [1.807, 2.05) is 13.8 Å². The molecule has 0 amide bonds. The zero-order valence-electron chi connectivity index (χ0n) is 9.21. The van der Waals surface area contributed by atoms with Crippen LogP contribution in [0.1, 0.15) is 47.0 Å². The van der Waals surface area contributed by atoms with Crippen LogP contribution in [0.3, 0.4) is 0 Å². The standard InChI is InChI=1S/C11H22O2/c1-5-8(2)6-11(12)7-9(3)13-10(11)4/h8-10,12H,5-7H2,1-4H3. The fourth-order valence-corrected chi connectivity index (χ4v) is 2.18. The number of rotatable bonds is 3. The van der Waals surface area contributed by atoms with Gasteiger partial charge in [-0.2, -0.15) is 0 Å². The van der Waals surface area contributed by atoms with Crippen LogP contribution in [-0.2, 0) is 4.74 Å². The topological polar surface area (TPSA) is 29.5 Å². The summed E-state index contributed by atoms with van der Waals surface area (Å²) >= 11 is 0. The number of hydrogen-bond acceptors (Lipinski definition) is 2. The Kier molecular flexibility index (Phi) is 3.36. The molecule has 0 spiro atoms. The highest BCUT2D eigenvalue weighted by Crippen LogP contribution is 2.35. The molecule has 1 fully saturated rings. The molecule has 1 rings (SSSR count). The van der Waals surface area contributed by atoms with Crippen LogP contribution < -0.4 is 0 Å². The van der Waals surface area contributed by atoms with E-state index < -0.39 is 5.60 Å². The van der Waals surface area contributed by atoms with E-state index in [1.165, 1.54) is 0 Å². The first-order valence-corrected chi connectivity index (χ1v) is 5.35. The molecule has 0 aromatic carbocycles. The normalized spacial score (nSPS) is 42.2. The minimum atomic E-state index is -0.575. The second-order valence-electron chi connectivity index (χ2n) is 4.61. The maximum Gasteiger partial charge on any atom is 0.0932 e. The van der Waals surface area contributed by atoms with Crippen LogP contribution in [0.25, 0.3) is 0 Å². The van der Waals surface area contributed by atoms with Crippen molar-refractivity contribution in [2.45, 2.75) is 64.8 Å². The van der Waals surface area contributed by atoms with Gasteiger partial charge >= 0.3 is 0 Å². The van der Waals surface area contributed by atoms with Crippen molar-refractivity contribution in [2.75, 3.05) is 0 Å². The lowest BCUT2D eigenvalue weighted by Gasteiger charge is -2.28. The van der Waals surface area contributed by atoms with Gasteiger partial charge < -0.3 is 9.84 Å². The molecule has 0 aromatic rings. The van der Waals surface area contributed by atoms with Gasteiger partial charge in [0.2, 0.25) is 0 Å². The molecule has 2 heteroatoms. The molecule has 0 aliphatic carbocycles. The highest BCUT2D eigenvalue weighted by Gasteiger charge is 2.43. The van der Waals surface area contributed by atoms with Gasteiger partial charge in [0.05, 0.1) is 17.8 Å². The van der Waals surface area contributed by atoms with Crippen LogP contribution >= 0.6 is 0 Å². The second kappa shape index (κ2) is 3.97. The van der Waals surface area contributed by atoms with E-state index in [-0.39, 0.29) is 12.2 Å². The van der Waals surface area contributed by atoms with E-state index in [9.17, 15) is 5.11 Å². The smallest absolute Gasteiger partial charge is 0.0932 e. The summed E-state index contributed by atoms with van der Waals surface area (Å²) in [5, 5.41) is 10.3. The largest absolute Gasteiger partial charge is 0.387 e. The van der Waals surface area contributed by atoms with E-state index >= 15 is 0 Å². The molecule has 1 aliphatic heterocycles. The zero-order valence-corrected chi connectivity index (χ0v) is 9.21. The molecule has 0 aromatic heterocycles. The fourth-order valence-electron chi connectivity index (χ4n) is 2.18. The molecule has 2 nitrogen and oxygen atoms in total. The second-order valence-corrected chi connectivity index (χ2v) is 4.61. The van der Waals surface area contributed by atoms with Crippen molar-refractivity contribution in [3.63, 3.8) is 0 Å². The Labute approximate surface area is 81.3 Å². The highest BCUT2D eigenvalue weighted by molar-refractivity contribution is 4.93. The van der Waals surface area contributed by atoms with Crippen molar-refractivity contribution in [1.29, 1.82) is 0 Å². The lowest BCUT2D eigenvalue weighted by molar-refractivity contribution is -0.0481. The third kappa shape index (κ3) is 2.44. The molecule has 4 unspecified atom stereocenters. The van der Waals surface area contributed by atoms with E-state index in [1.54, 1.807) is 0 Å². The van der Waals surface area contributed by atoms with Crippen molar-refractivity contribution in [1.82, 2.24) is 0 Å². The third-order valence-electron chi connectivity index (χ3n) is 3.23. The molecule has 0 bridgehead atoms. The van der Waals surface area contributed by atoms with Crippen LogP contribution in [0.15, 0.2) is 0 Å². The molecular formula is C11H22O2. The molecule has 13 heavy (non-hydrogen) atoms. The summed E-state index contributed by atoms with van der Waals surface area (Å²) in [4.78, 5) is 0. The Morgan fingerprint density at radius 1 is 1.54 bits per heavy atom. The van der Waals surface area contributed by atoms with Gasteiger partial charge in [-0.1, -0.05) is 20.3 Å². The predicted molar refractivity (Wildman–Crippen MR) is 53.6 cm³/mol. The quantitative estimate of drug-likeness (QED) is 0.733. The summed E-state index contributed by atoms with van der Waals surface area (Å²) in [6, 6.07) is 0. The summed E-state index contributed by atoms with van der Waals surface area (Å²) < 4.78 is 5.57. The molecule has 1 N–H and O–H groups in total. The monoisotopic (exact) mass is 186 g/mol. The van der Waals surface area contributed by atoms with Crippen LogP contribution in [0, 0.1) is 5.92 Å². The minimum absolute atomic E-state index is 0.00324. The van der Waals surface area contributed by atoms with Crippen molar-refractivity contribution in [3.05, 3.63) is 0 Å². The van der Waals surface area contributed by atoms with Crippen LogP contribution in [-0.4, -0.2) is 22.9 Å². The molecule has 1 aliphatic rings. The van der Waals surface area contributed by atoms with E-state index in [0.717, 1.165) is 19.3 Å². The Morgan fingerprint density at radius 2 is 2.15 bits per heavy atom. The predicted octanol–water partition coefficient (Wildman–Crippen LogP) is 2.35. The first kappa shape index (κ1) is 11.0. The zero-order chi connectivity index (χ0) is 10.1. The fraction of sp³-hybridized carbons (Fsp3) is 1.00. The van der Waals surface area contributed by atoms with Crippen molar-refractivity contribution in [3.8, 4) is 0 Å². The van der Waals surface area contributed by atoms with Crippen LogP contribution in [0.4, 0.5) is 0 Å².